The Balaban J connectivity index is 0.889. The lowest BCUT2D eigenvalue weighted by Crippen LogP contribution is -3.11. The summed E-state index contributed by atoms with van der Waals surface area (Å²) in [4.78, 5) is 0. The van der Waals surface area contributed by atoms with Crippen molar-refractivity contribution in [3.63, 3.8) is 0 Å². The Morgan fingerprint density at radius 2 is 1.19 bits per heavy atom. The fourth-order valence-corrected chi connectivity index (χ4v) is 15.3. The molecule has 0 aromatic carbocycles. The van der Waals surface area contributed by atoms with E-state index in [0.29, 0.717) is 29.0 Å². The number of aliphatic hydroxyl groups excluding tert-OH is 6. The lowest BCUT2D eigenvalue weighted by atomic mass is 8.96. The van der Waals surface area contributed by atoms with Gasteiger partial charge in [-0.1, -0.05) is 151 Å². The zero-order valence-corrected chi connectivity index (χ0v) is 36.1. The predicted octanol–water partition coefficient (Wildman–Crippen LogP) is 8.59. The molecule has 332 valence electrons. The van der Waals surface area contributed by atoms with Crippen molar-refractivity contribution in [2.24, 2.45) is 52.8 Å². The highest BCUT2D eigenvalue weighted by Gasteiger charge is 3.08. The standard InChI is InChI=1S/C45H76BrF3O8/c1-2-3-4-5-6-7-8-9-10-14-17-20-23-30(51)36(52)28(27-56-42-39(55)38(54)37(53)31(26-50)57-42)25-29(45(47,48)49)22-19-16-13-11-12-15-18-21-24-43-34-32-35-33(34)41(43)44(35,46)40(32)43/h28-42,50-55H,2-27H2,1H3/t28-,29+,30+,31?,32?,33?,34?,35?,36-,37?,38?,39?,40?,41?,42?,43?,44?/m0/s1. The minimum atomic E-state index is -4.52. The molecule has 6 saturated carbocycles. The fraction of sp³-hybridized carbons (Fsp3) is 1.00. The van der Waals surface area contributed by atoms with Gasteiger partial charge in [0.2, 0.25) is 0 Å². The van der Waals surface area contributed by atoms with E-state index in [1.165, 1.54) is 70.6 Å². The van der Waals surface area contributed by atoms with E-state index in [-0.39, 0.29) is 12.8 Å². The maximum atomic E-state index is 14.5. The maximum Gasteiger partial charge on any atom is 0.391 e. The van der Waals surface area contributed by atoms with E-state index < -0.39 is 80.6 Å². The number of halogens is 4. The lowest BCUT2D eigenvalue weighted by molar-refractivity contribution is -0.595. The summed E-state index contributed by atoms with van der Waals surface area (Å²) < 4.78 is 55.1. The molecule has 7 aliphatic rings. The summed E-state index contributed by atoms with van der Waals surface area (Å²) in [5, 5.41) is 62.6. The largest absolute Gasteiger partial charge is 0.394 e. The van der Waals surface area contributed by atoms with Crippen molar-refractivity contribution >= 4 is 15.9 Å². The van der Waals surface area contributed by atoms with Gasteiger partial charge < -0.3 is 40.1 Å². The minimum Gasteiger partial charge on any atom is -0.394 e. The summed E-state index contributed by atoms with van der Waals surface area (Å²) >= 11 is 4.09. The SMILES string of the molecule is CCCCCCCCCCCCCC[C@@H](O)[C@@H](O)[C@H](COC1OC(CO)C(O)C(O)C1O)C[C@@H](CCCCCCCCCCC12C3C4C5C3C1C5(Br)C42)C(F)(F)F. The molecule has 8 nitrogen and oxygen atoms in total. The molecule has 6 N–H and O–H groups in total. The smallest absolute Gasteiger partial charge is 0.391 e. The molecule has 7 fully saturated rings. The Hall–Kier alpha value is -0.0500. The average Bonchev–Trinajstić information content (AvgIpc) is 3.18. The Kier molecular flexibility index (Phi) is 16.6. The van der Waals surface area contributed by atoms with Gasteiger partial charge in [0.1, 0.15) is 24.4 Å². The second-order valence-corrected chi connectivity index (χ2v) is 20.8. The monoisotopic (exact) mass is 880 g/mol. The van der Waals surface area contributed by atoms with E-state index in [9.17, 15) is 43.8 Å². The molecule has 13 atom stereocenters. The third-order valence-electron chi connectivity index (χ3n) is 16.2. The summed E-state index contributed by atoms with van der Waals surface area (Å²) in [7, 11) is 0. The molecule has 57 heavy (non-hydrogen) atoms. The van der Waals surface area contributed by atoms with Gasteiger partial charge in [-0.15, -0.1) is 0 Å². The molecule has 0 bridgehead atoms. The van der Waals surface area contributed by atoms with Gasteiger partial charge in [-0.2, -0.15) is 13.2 Å². The Morgan fingerprint density at radius 3 is 1.70 bits per heavy atom. The summed E-state index contributed by atoms with van der Waals surface area (Å²) in [6.45, 7) is 1.06. The van der Waals surface area contributed by atoms with E-state index >= 15 is 0 Å². The lowest BCUT2D eigenvalue weighted by Gasteiger charge is -3.11. The first-order valence-electron chi connectivity index (χ1n) is 23.4. The second-order valence-electron chi connectivity index (χ2n) is 19.5. The van der Waals surface area contributed by atoms with Crippen molar-refractivity contribution in [1.29, 1.82) is 0 Å². The summed E-state index contributed by atoms with van der Waals surface area (Å²) in [5.74, 6) is 3.36. The van der Waals surface area contributed by atoms with Crippen molar-refractivity contribution in [2.45, 2.75) is 214 Å². The van der Waals surface area contributed by atoms with Crippen LogP contribution in [0.25, 0.3) is 0 Å². The molecule has 1 heterocycles. The number of rotatable bonds is 32. The molecule has 12 heteroatoms. The van der Waals surface area contributed by atoms with Crippen LogP contribution >= 0.6 is 15.9 Å². The molecule has 6 aliphatic carbocycles. The molecule has 1 saturated heterocycles. The number of hydrogen-bond acceptors (Lipinski definition) is 8. The van der Waals surface area contributed by atoms with Crippen LogP contribution in [0, 0.1) is 52.8 Å². The predicted molar refractivity (Wildman–Crippen MR) is 216 cm³/mol. The fourth-order valence-electron chi connectivity index (χ4n) is 13.3. The first-order chi connectivity index (χ1) is 27.3. The molecular formula is C45H76BrF3O8. The van der Waals surface area contributed by atoms with Gasteiger partial charge in [-0.05, 0) is 66.6 Å². The topological polar surface area (TPSA) is 140 Å². The van der Waals surface area contributed by atoms with Crippen LogP contribution < -0.4 is 0 Å². The Bertz CT molecular complexity index is 1210. The zero-order valence-electron chi connectivity index (χ0n) is 34.6. The van der Waals surface area contributed by atoms with Gasteiger partial charge in [0.15, 0.2) is 6.29 Å². The van der Waals surface area contributed by atoms with Gasteiger partial charge in [-0.25, -0.2) is 0 Å². The van der Waals surface area contributed by atoms with Gasteiger partial charge >= 0.3 is 6.18 Å². The van der Waals surface area contributed by atoms with Crippen LogP contribution in [0.5, 0.6) is 0 Å². The van der Waals surface area contributed by atoms with Crippen LogP contribution in [0.15, 0.2) is 0 Å². The first kappa shape index (κ1) is 46.5. The molecule has 0 amide bonds. The van der Waals surface area contributed by atoms with Crippen molar-refractivity contribution < 1.29 is 53.3 Å². The maximum absolute atomic E-state index is 14.5. The summed E-state index contributed by atoms with van der Waals surface area (Å²) in [6.07, 6.45) is 7.52. The molecule has 9 unspecified atom stereocenters. The highest BCUT2D eigenvalue weighted by atomic mass is 79.9. The van der Waals surface area contributed by atoms with Crippen LogP contribution in [0.1, 0.15) is 161 Å². The van der Waals surface area contributed by atoms with E-state index in [0.717, 1.165) is 80.5 Å². The van der Waals surface area contributed by atoms with Crippen LogP contribution in [0.4, 0.5) is 13.2 Å². The first-order valence-corrected chi connectivity index (χ1v) is 24.2. The van der Waals surface area contributed by atoms with E-state index in [1.807, 2.05) is 0 Å². The normalized spacial score (nSPS) is 38.9. The van der Waals surface area contributed by atoms with E-state index in [4.69, 9.17) is 9.47 Å². The van der Waals surface area contributed by atoms with Gasteiger partial charge in [0, 0.05) is 10.2 Å². The highest BCUT2D eigenvalue weighted by molar-refractivity contribution is 9.10. The summed E-state index contributed by atoms with van der Waals surface area (Å²) in [6, 6.07) is 0. The average molecular weight is 882 g/mol. The molecule has 0 aromatic rings. The third kappa shape index (κ3) is 9.21. The molecular weight excluding hydrogens is 805 g/mol. The van der Waals surface area contributed by atoms with Crippen molar-refractivity contribution in [2.75, 3.05) is 13.2 Å². The molecule has 0 aromatic heterocycles. The third-order valence-corrected chi connectivity index (χ3v) is 17.7. The van der Waals surface area contributed by atoms with Crippen molar-refractivity contribution in [1.82, 2.24) is 0 Å². The zero-order chi connectivity index (χ0) is 41.0. The van der Waals surface area contributed by atoms with Crippen LogP contribution in [-0.4, -0.2) is 97.3 Å². The number of aliphatic hydroxyl groups is 6. The summed E-state index contributed by atoms with van der Waals surface area (Å²) in [5.41, 5.74) is 0.716. The number of ether oxygens (including phenoxy) is 2. The van der Waals surface area contributed by atoms with E-state index in [1.54, 1.807) is 0 Å². The molecule has 0 radical (unpaired) electrons. The minimum absolute atomic E-state index is 0.0922. The number of unbranched alkanes of at least 4 members (excludes halogenated alkanes) is 18. The number of alkyl halides is 4. The molecule has 1 aliphatic heterocycles. The quantitative estimate of drug-likeness (QED) is 0.0292. The van der Waals surface area contributed by atoms with Gasteiger partial charge in [0.05, 0.1) is 31.3 Å². The second kappa shape index (κ2) is 20.4. The van der Waals surface area contributed by atoms with Crippen LogP contribution in [-0.2, 0) is 9.47 Å². The van der Waals surface area contributed by atoms with Crippen LogP contribution in [0.3, 0.4) is 0 Å². The highest BCUT2D eigenvalue weighted by Crippen LogP contribution is 3.09. The van der Waals surface area contributed by atoms with Gasteiger partial charge in [-0.3, -0.25) is 0 Å². The molecule has 0 spiro atoms. The molecule has 7 rings (SSSR count). The Labute approximate surface area is 348 Å². The van der Waals surface area contributed by atoms with Crippen LogP contribution in [0.2, 0.25) is 0 Å². The van der Waals surface area contributed by atoms with Gasteiger partial charge in [0.25, 0.3) is 0 Å². The van der Waals surface area contributed by atoms with Crippen molar-refractivity contribution in [3.8, 4) is 0 Å². The van der Waals surface area contributed by atoms with E-state index in [2.05, 4.69) is 22.9 Å². The van der Waals surface area contributed by atoms with Crippen molar-refractivity contribution in [3.05, 3.63) is 0 Å². The Morgan fingerprint density at radius 1 is 0.684 bits per heavy atom. The number of hydrogen-bond donors (Lipinski definition) is 6.